The number of nitrogens with two attached hydrogens (primary N) is 1. The lowest BCUT2D eigenvalue weighted by Gasteiger charge is -2.25. The van der Waals surface area contributed by atoms with E-state index in [2.05, 4.69) is 17.1 Å². The first-order valence-corrected chi connectivity index (χ1v) is 5.95. The Balaban J connectivity index is 2.30. The Labute approximate surface area is 92.2 Å². The molecule has 15 heavy (non-hydrogen) atoms. The number of carbonyl (C=O) groups excluding carboxylic acids is 1. The lowest BCUT2D eigenvalue weighted by atomic mass is 10.1. The summed E-state index contributed by atoms with van der Waals surface area (Å²) in [5.41, 5.74) is 5.33. The maximum Gasteiger partial charge on any atom is 0.234 e. The Bertz CT molecular complexity index is 196. The number of hydrogen-bond donors (Lipinski definition) is 2. The third-order valence-electron chi connectivity index (χ3n) is 3.00. The molecule has 1 atom stereocenters. The highest BCUT2D eigenvalue weighted by atomic mass is 16.2. The highest BCUT2D eigenvalue weighted by molar-refractivity contribution is 5.78. The number of hydrogen-bond acceptors (Lipinski definition) is 3. The summed E-state index contributed by atoms with van der Waals surface area (Å²) >= 11 is 0. The van der Waals surface area contributed by atoms with E-state index in [9.17, 15) is 4.79 Å². The normalized spacial score (nSPS) is 23.5. The van der Waals surface area contributed by atoms with Crippen LogP contribution in [-0.2, 0) is 4.79 Å². The summed E-state index contributed by atoms with van der Waals surface area (Å²) in [6.07, 6.45) is 5.02. The van der Waals surface area contributed by atoms with Gasteiger partial charge in [-0.1, -0.05) is 12.8 Å². The van der Waals surface area contributed by atoms with Crippen LogP contribution in [0.5, 0.6) is 0 Å². The number of amides is 1. The van der Waals surface area contributed by atoms with Gasteiger partial charge in [0.1, 0.15) is 0 Å². The van der Waals surface area contributed by atoms with Gasteiger partial charge >= 0.3 is 0 Å². The molecule has 1 saturated heterocycles. The maximum atomic E-state index is 11.5. The predicted octanol–water partition coefficient (Wildman–Crippen LogP) is 0.326. The molecule has 0 aromatic heterocycles. The van der Waals surface area contributed by atoms with Crippen LogP contribution in [0.25, 0.3) is 0 Å². The van der Waals surface area contributed by atoms with E-state index in [0.29, 0.717) is 25.7 Å². The Morgan fingerprint density at radius 2 is 2.27 bits per heavy atom. The van der Waals surface area contributed by atoms with E-state index in [1.807, 2.05) is 0 Å². The van der Waals surface area contributed by atoms with Gasteiger partial charge in [-0.3, -0.25) is 9.69 Å². The smallest absolute Gasteiger partial charge is 0.234 e. The number of carbonyl (C=O) groups is 1. The minimum absolute atomic E-state index is 0.106. The molecule has 4 nitrogen and oxygen atoms in total. The maximum absolute atomic E-state index is 11.5. The molecule has 1 aliphatic rings. The third kappa shape index (κ3) is 4.62. The molecule has 0 aliphatic carbocycles. The first kappa shape index (κ1) is 12.5. The molecule has 0 aromatic rings. The number of nitrogens with one attached hydrogen (secondary N) is 1. The van der Waals surface area contributed by atoms with Crippen LogP contribution in [0.15, 0.2) is 0 Å². The van der Waals surface area contributed by atoms with Crippen molar-refractivity contribution in [3.8, 4) is 0 Å². The highest BCUT2D eigenvalue weighted by Gasteiger charge is 2.18. The van der Waals surface area contributed by atoms with Crippen molar-refractivity contribution in [2.75, 3.05) is 26.2 Å². The number of rotatable bonds is 4. The fraction of sp³-hybridized carbons (Fsp3) is 0.909. The van der Waals surface area contributed by atoms with Crippen LogP contribution in [0.4, 0.5) is 0 Å². The quantitative estimate of drug-likeness (QED) is 0.707. The van der Waals surface area contributed by atoms with Gasteiger partial charge in [0.05, 0.1) is 6.54 Å². The summed E-state index contributed by atoms with van der Waals surface area (Å²) in [5, 5.41) is 2.81. The molecule has 1 fully saturated rings. The molecule has 0 bridgehead atoms. The van der Waals surface area contributed by atoms with Crippen LogP contribution in [0.3, 0.4) is 0 Å². The fourth-order valence-electron chi connectivity index (χ4n) is 2.02. The van der Waals surface area contributed by atoms with Crippen molar-refractivity contribution in [2.45, 2.75) is 38.6 Å². The van der Waals surface area contributed by atoms with E-state index in [1.165, 1.54) is 25.7 Å². The van der Waals surface area contributed by atoms with Crippen LogP contribution >= 0.6 is 0 Å². The van der Waals surface area contributed by atoms with Crippen molar-refractivity contribution in [2.24, 2.45) is 5.73 Å². The molecule has 0 radical (unpaired) electrons. The fourth-order valence-corrected chi connectivity index (χ4v) is 2.02. The van der Waals surface area contributed by atoms with Crippen molar-refractivity contribution < 1.29 is 4.79 Å². The first-order valence-electron chi connectivity index (χ1n) is 5.95. The second kappa shape index (κ2) is 6.80. The molecule has 0 spiro atoms. The molecule has 1 unspecified atom stereocenters. The van der Waals surface area contributed by atoms with Gasteiger partial charge in [0, 0.05) is 19.1 Å². The van der Waals surface area contributed by atoms with Gasteiger partial charge in [0.2, 0.25) is 5.91 Å². The SMILES string of the molecule is CC1CCCCCN1CC(=O)NCCN. The molecule has 1 rings (SSSR count). The van der Waals surface area contributed by atoms with Crippen LogP contribution in [0.2, 0.25) is 0 Å². The monoisotopic (exact) mass is 213 g/mol. The van der Waals surface area contributed by atoms with Crippen molar-refractivity contribution in [3.05, 3.63) is 0 Å². The Hall–Kier alpha value is -0.610. The molecule has 88 valence electrons. The molecule has 0 aromatic carbocycles. The van der Waals surface area contributed by atoms with Gasteiger partial charge in [-0.05, 0) is 26.3 Å². The zero-order valence-corrected chi connectivity index (χ0v) is 9.67. The average molecular weight is 213 g/mol. The molecule has 4 heteroatoms. The van der Waals surface area contributed by atoms with Crippen LogP contribution in [0, 0.1) is 0 Å². The van der Waals surface area contributed by atoms with E-state index in [1.54, 1.807) is 0 Å². The third-order valence-corrected chi connectivity index (χ3v) is 3.00. The summed E-state index contributed by atoms with van der Waals surface area (Å²) in [4.78, 5) is 13.8. The van der Waals surface area contributed by atoms with Crippen LogP contribution < -0.4 is 11.1 Å². The summed E-state index contributed by atoms with van der Waals surface area (Å²) in [5.74, 6) is 0.106. The first-order chi connectivity index (χ1) is 7.24. The van der Waals surface area contributed by atoms with Gasteiger partial charge in [0.15, 0.2) is 0 Å². The van der Waals surface area contributed by atoms with E-state index < -0.39 is 0 Å². The zero-order chi connectivity index (χ0) is 11.1. The highest BCUT2D eigenvalue weighted by Crippen LogP contribution is 2.15. The van der Waals surface area contributed by atoms with Gasteiger partial charge in [-0.2, -0.15) is 0 Å². The van der Waals surface area contributed by atoms with E-state index in [0.717, 1.165) is 6.54 Å². The number of nitrogens with zero attached hydrogens (tertiary/aromatic N) is 1. The molecule has 1 heterocycles. The summed E-state index contributed by atoms with van der Waals surface area (Å²) in [6, 6.07) is 0.538. The standard InChI is InChI=1S/C11H23N3O/c1-10-5-3-2-4-8-14(10)9-11(15)13-7-6-12/h10H,2-9,12H2,1H3,(H,13,15). The van der Waals surface area contributed by atoms with Crippen molar-refractivity contribution >= 4 is 5.91 Å². The lowest BCUT2D eigenvalue weighted by Crippen LogP contribution is -2.42. The molecular weight excluding hydrogens is 190 g/mol. The van der Waals surface area contributed by atoms with Gasteiger partial charge in [-0.25, -0.2) is 0 Å². The van der Waals surface area contributed by atoms with Crippen molar-refractivity contribution in [3.63, 3.8) is 0 Å². The van der Waals surface area contributed by atoms with Crippen LogP contribution in [-0.4, -0.2) is 43.0 Å². The van der Waals surface area contributed by atoms with Crippen LogP contribution in [0.1, 0.15) is 32.6 Å². The van der Waals surface area contributed by atoms with Crippen molar-refractivity contribution in [1.29, 1.82) is 0 Å². The molecule has 0 saturated carbocycles. The van der Waals surface area contributed by atoms with E-state index in [-0.39, 0.29) is 5.91 Å². The molecule has 3 N–H and O–H groups in total. The van der Waals surface area contributed by atoms with Crippen molar-refractivity contribution in [1.82, 2.24) is 10.2 Å². The van der Waals surface area contributed by atoms with Gasteiger partial charge < -0.3 is 11.1 Å². The summed E-state index contributed by atoms with van der Waals surface area (Å²) in [6.45, 7) is 4.89. The Kier molecular flexibility index (Phi) is 5.65. The predicted molar refractivity (Wildman–Crippen MR) is 61.6 cm³/mol. The summed E-state index contributed by atoms with van der Waals surface area (Å²) in [7, 11) is 0. The zero-order valence-electron chi connectivity index (χ0n) is 9.67. The van der Waals surface area contributed by atoms with E-state index in [4.69, 9.17) is 5.73 Å². The van der Waals surface area contributed by atoms with Gasteiger partial charge in [0.25, 0.3) is 0 Å². The average Bonchev–Trinajstić information content (AvgIpc) is 2.42. The second-order valence-corrected chi connectivity index (χ2v) is 4.31. The molecule has 1 aliphatic heterocycles. The molecule has 1 amide bonds. The second-order valence-electron chi connectivity index (χ2n) is 4.31. The topological polar surface area (TPSA) is 58.4 Å². The largest absolute Gasteiger partial charge is 0.354 e. The Morgan fingerprint density at radius 1 is 1.47 bits per heavy atom. The number of likely N-dealkylation sites (tertiary alicyclic amines) is 1. The Morgan fingerprint density at radius 3 is 3.00 bits per heavy atom. The van der Waals surface area contributed by atoms with E-state index >= 15 is 0 Å². The minimum Gasteiger partial charge on any atom is -0.354 e. The summed E-state index contributed by atoms with van der Waals surface area (Å²) < 4.78 is 0. The van der Waals surface area contributed by atoms with Gasteiger partial charge in [-0.15, -0.1) is 0 Å². The molecular formula is C11H23N3O. The lowest BCUT2D eigenvalue weighted by molar-refractivity contribution is -0.122. The minimum atomic E-state index is 0.106.